The van der Waals surface area contributed by atoms with E-state index < -0.39 is 0 Å². The zero-order valence-corrected chi connectivity index (χ0v) is 11.1. The predicted octanol–water partition coefficient (Wildman–Crippen LogP) is 2.49. The molecule has 0 aliphatic heterocycles. The molecule has 88 valence electrons. The van der Waals surface area contributed by atoms with E-state index in [0.717, 1.165) is 13.0 Å². The van der Waals surface area contributed by atoms with E-state index in [9.17, 15) is 0 Å². The molecule has 0 heterocycles. The smallest absolute Gasteiger partial charge is 0.0742 e. The molecule has 0 saturated heterocycles. The Bertz CT molecular complexity index is 363. The Morgan fingerprint density at radius 2 is 2.06 bits per heavy atom. The SMILES string of the molecule is Cc1ccccc1CN(C)C(C)CC(N)=S. The lowest BCUT2D eigenvalue weighted by Crippen LogP contribution is -2.32. The number of nitrogens with zero attached hydrogens (tertiary/aromatic N) is 1. The summed E-state index contributed by atoms with van der Waals surface area (Å²) < 4.78 is 0. The van der Waals surface area contributed by atoms with E-state index in [1.165, 1.54) is 11.1 Å². The summed E-state index contributed by atoms with van der Waals surface area (Å²) in [6.07, 6.45) is 0.776. The molecule has 0 radical (unpaired) electrons. The van der Waals surface area contributed by atoms with Gasteiger partial charge in [-0.1, -0.05) is 36.5 Å². The molecule has 0 spiro atoms. The van der Waals surface area contributed by atoms with Gasteiger partial charge < -0.3 is 5.73 Å². The summed E-state index contributed by atoms with van der Waals surface area (Å²) in [5.74, 6) is 0. The number of nitrogens with two attached hydrogens (primary N) is 1. The molecule has 0 aromatic heterocycles. The Morgan fingerprint density at radius 1 is 1.44 bits per heavy atom. The van der Waals surface area contributed by atoms with Crippen LogP contribution in [0.25, 0.3) is 0 Å². The fourth-order valence-electron chi connectivity index (χ4n) is 1.66. The summed E-state index contributed by atoms with van der Waals surface area (Å²) >= 11 is 4.93. The van der Waals surface area contributed by atoms with Crippen LogP contribution in [-0.4, -0.2) is 23.0 Å². The molecule has 1 aromatic carbocycles. The molecular formula is C13H20N2S. The van der Waals surface area contributed by atoms with Crippen molar-refractivity contribution in [2.75, 3.05) is 7.05 Å². The van der Waals surface area contributed by atoms with E-state index >= 15 is 0 Å². The molecule has 16 heavy (non-hydrogen) atoms. The highest BCUT2D eigenvalue weighted by molar-refractivity contribution is 7.80. The highest BCUT2D eigenvalue weighted by Crippen LogP contribution is 2.12. The van der Waals surface area contributed by atoms with Gasteiger partial charge in [-0.3, -0.25) is 4.90 Å². The lowest BCUT2D eigenvalue weighted by Gasteiger charge is -2.25. The maximum atomic E-state index is 5.56. The van der Waals surface area contributed by atoms with Gasteiger partial charge in [0.1, 0.15) is 0 Å². The number of benzene rings is 1. The van der Waals surface area contributed by atoms with Gasteiger partial charge in [-0.2, -0.15) is 0 Å². The van der Waals surface area contributed by atoms with Crippen LogP contribution in [0.1, 0.15) is 24.5 Å². The number of aryl methyl sites for hydroxylation is 1. The minimum absolute atomic E-state index is 0.386. The van der Waals surface area contributed by atoms with Gasteiger partial charge >= 0.3 is 0 Å². The average Bonchev–Trinajstić information content (AvgIpc) is 2.20. The summed E-state index contributed by atoms with van der Waals surface area (Å²) in [6.45, 7) is 5.23. The van der Waals surface area contributed by atoms with Gasteiger partial charge in [0.05, 0.1) is 4.99 Å². The van der Waals surface area contributed by atoms with Crippen molar-refractivity contribution in [2.45, 2.75) is 32.9 Å². The van der Waals surface area contributed by atoms with E-state index in [0.29, 0.717) is 11.0 Å². The number of rotatable bonds is 5. The van der Waals surface area contributed by atoms with Crippen molar-refractivity contribution in [3.8, 4) is 0 Å². The first-order valence-corrected chi connectivity index (χ1v) is 5.94. The second kappa shape index (κ2) is 5.97. The molecular weight excluding hydrogens is 216 g/mol. The molecule has 1 atom stereocenters. The highest BCUT2D eigenvalue weighted by Gasteiger charge is 2.11. The fraction of sp³-hybridized carbons (Fsp3) is 0.462. The second-order valence-electron chi connectivity index (χ2n) is 4.36. The van der Waals surface area contributed by atoms with Gasteiger partial charge in [-0.05, 0) is 32.0 Å². The molecule has 0 saturated carbocycles. The van der Waals surface area contributed by atoms with Crippen molar-refractivity contribution in [1.29, 1.82) is 0 Å². The van der Waals surface area contributed by atoms with Gasteiger partial charge in [0.25, 0.3) is 0 Å². The van der Waals surface area contributed by atoms with E-state index in [1.807, 2.05) is 0 Å². The largest absolute Gasteiger partial charge is 0.393 e. The maximum absolute atomic E-state index is 5.56. The van der Waals surface area contributed by atoms with Crippen LogP contribution in [0.5, 0.6) is 0 Å². The molecule has 0 amide bonds. The summed E-state index contributed by atoms with van der Waals surface area (Å²) in [6, 6.07) is 8.84. The predicted molar refractivity (Wildman–Crippen MR) is 73.5 cm³/mol. The van der Waals surface area contributed by atoms with Gasteiger partial charge in [0.2, 0.25) is 0 Å². The third-order valence-electron chi connectivity index (χ3n) is 2.93. The van der Waals surface area contributed by atoms with Crippen molar-refractivity contribution in [3.05, 3.63) is 35.4 Å². The lowest BCUT2D eigenvalue weighted by atomic mass is 10.1. The second-order valence-corrected chi connectivity index (χ2v) is 4.89. The minimum atomic E-state index is 0.386. The quantitative estimate of drug-likeness (QED) is 0.796. The first-order valence-electron chi connectivity index (χ1n) is 5.53. The van der Waals surface area contributed by atoms with Crippen LogP contribution in [-0.2, 0) is 6.54 Å². The van der Waals surface area contributed by atoms with Crippen LogP contribution in [0.2, 0.25) is 0 Å². The highest BCUT2D eigenvalue weighted by atomic mass is 32.1. The van der Waals surface area contributed by atoms with Gasteiger partial charge in [0, 0.05) is 19.0 Å². The normalized spacial score (nSPS) is 12.8. The van der Waals surface area contributed by atoms with E-state index in [4.69, 9.17) is 18.0 Å². The standard InChI is InChI=1S/C13H20N2S/c1-10-6-4-5-7-12(10)9-15(3)11(2)8-13(14)16/h4-7,11H,8-9H2,1-3H3,(H2,14,16). The maximum Gasteiger partial charge on any atom is 0.0742 e. The summed E-state index contributed by atoms with van der Waals surface area (Å²) in [4.78, 5) is 2.87. The van der Waals surface area contributed by atoms with Crippen molar-refractivity contribution in [3.63, 3.8) is 0 Å². The molecule has 1 rings (SSSR count). The van der Waals surface area contributed by atoms with Gasteiger partial charge in [0.15, 0.2) is 0 Å². The molecule has 2 N–H and O–H groups in total. The Morgan fingerprint density at radius 3 is 2.62 bits per heavy atom. The van der Waals surface area contributed by atoms with Crippen molar-refractivity contribution >= 4 is 17.2 Å². The fourth-order valence-corrected chi connectivity index (χ4v) is 1.90. The van der Waals surface area contributed by atoms with Crippen LogP contribution >= 0.6 is 12.2 Å². The molecule has 3 heteroatoms. The zero-order valence-electron chi connectivity index (χ0n) is 10.2. The Hall–Kier alpha value is -0.930. The Kier molecular flexibility index (Phi) is 4.90. The van der Waals surface area contributed by atoms with Crippen LogP contribution in [0, 0.1) is 6.92 Å². The van der Waals surface area contributed by atoms with Crippen molar-refractivity contribution < 1.29 is 0 Å². The molecule has 0 bridgehead atoms. The van der Waals surface area contributed by atoms with Crippen LogP contribution in [0.3, 0.4) is 0 Å². The number of thiocarbonyl (C=S) groups is 1. The van der Waals surface area contributed by atoms with Gasteiger partial charge in [-0.15, -0.1) is 0 Å². The first kappa shape index (κ1) is 13.1. The van der Waals surface area contributed by atoms with Crippen molar-refractivity contribution in [1.82, 2.24) is 4.90 Å². The van der Waals surface area contributed by atoms with E-state index in [2.05, 4.69) is 50.1 Å². The third-order valence-corrected chi connectivity index (χ3v) is 3.10. The van der Waals surface area contributed by atoms with E-state index in [-0.39, 0.29) is 0 Å². The number of hydrogen-bond donors (Lipinski definition) is 1. The summed E-state index contributed by atoms with van der Waals surface area (Å²) in [5.41, 5.74) is 8.25. The summed E-state index contributed by atoms with van der Waals surface area (Å²) in [5, 5.41) is 0. The molecule has 1 aromatic rings. The molecule has 0 aliphatic carbocycles. The Labute approximate surface area is 103 Å². The monoisotopic (exact) mass is 236 g/mol. The van der Waals surface area contributed by atoms with Crippen molar-refractivity contribution in [2.24, 2.45) is 5.73 Å². The van der Waals surface area contributed by atoms with Crippen LogP contribution in [0.4, 0.5) is 0 Å². The van der Waals surface area contributed by atoms with Crippen LogP contribution in [0.15, 0.2) is 24.3 Å². The first-order chi connectivity index (χ1) is 7.50. The lowest BCUT2D eigenvalue weighted by molar-refractivity contribution is 0.255. The molecule has 2 nitrogen and oxygen atoms in total. The van der Waals surface area contributed by atoms with Crippen LogP contribution < -0.4 is 5.73 Å². The average molecular weight is 236 g/mol. The third kappa shape index (κ3) is 3.91. The van der Waals surface area contributed by atoms with E-state index in [1.54, 1.807) is 0 Å². The molecule has 0 aliphatic rings. The summed E-state index contributed by atoms with van der Waals surface area (Å²) in [7, 11) is 2.11. The minimum Gasteiger partial charge on any atom is -0.393 e. The molecule has 0 fully saturated rings. The zero-order chi connectivity index (χ0) is 12.1. The number of hydrogen-bond acceptors (Lipinski definition) is 2. The Balaban J connectivity index is 2.60. The topological polar surface area (TPSA) is 29.3 Å². The van der Waals surface area contributed by atoms with Gasteiger partial charge in [-0.25, -0.2) is 0 Å². The molecule has 1 unspecified atom stereocenters.